The van der Waals surface area contributed by atoms with Crippen LogP contribution in [0.5, 0.6) is 0 Å². The van der Waals surface area contributed by atoms with Crippen LogP contribution in [0.2, 0.25) is 19.6 Å². The largest absolute Gasteiger partial charge is 0.356 e. The van der Waals surface area contributed by atoms with E-state index in [1.165, 1.54) is 0 Å². The molecule has 0 bridgehead atoms. The molecular weight excluding hydrogens is 264 g/mol. The Morgan fingerprint density at radius 1 is 1.22 bits per heavy atom. The lowest BCUT2D eigenvalue weighted by Gasteiger charge is -2.25. The first-order valence-corrected chi connectivity index (χ1v) is 10.4. The van der Waals surface area contributed by atoms with Crippen molar-refractivity contribution in [3.63, 3.8) is 0 Å². The summed E-state index contributed by atoms with van der Waals surface area (Å²) in [6.45, 7) is 9.94. The summed E-state index contributed by atoms with van der Waals surface area (Å²) in [4.78, 5) is 0. The van der Waals surface area contributed by atoms with Gasteiger partial charge in [-0.05, 0) is 18.1 Å². The van der Waals surface area contributed by atoms with Crippen molar-refractivity contribution in [2.24, 2.45) is 0 Å². The summed E-state index contributed by atoms with van der Waals surface area (Å²) in [5.74, 6) is 0.539. The maximum Gasteiger partial charge on any atom is 0.147 e. The summed E-state index contributed by atoms with van der Waals surface area (Å²) >= 11 is 5.79. The van der Waals surface area contributed by atoms with Gasteiger partial charge in [0, 0.05) is 11.6 Å². The fraction of sp³-hybridized carbons (Fsp3) is 0.571. The zero-order chi connectivity index (χ0) is 13.6. The quantitative estimate of drug-likeness (QED) is 0.324. The lowest BCUT2D eigenvalue weighted by Crippen LogP contribution is -2.38. The van der Waals surface area contributed by atoms with E-state index in [0.717, 1.165) is 11.1 Å². The molecular formula is C14H23ClO2Si. The predicted octanol–water partition coefficient (Wildman–Crippen LogP) is 4.18. The van der Waals surface area contributed by atoms with Crippen LogP contribution in [-0.2, 0) is 22.0 Å². The Morgan fingerprint density at radius 2 is 1.89 bits per heavy atom. The second-order valence-corrected chi connectivity index (χ2v) is 11.4. The van der Waals surface area contributed by atoms with Crippen molar-refractivity contribution in [3.05, 3.63) is 35.4 Å². The van der Waals surface area contributed by atoms with Gasteiger partial charge in [-0.25, -0.2) is 0 Å². The number of hydrogen-bond acceptors (Lipinski definition) is 2. The van der Waals surface area contributed by atoms with Gasteiger partial charge in [0.1, 0.15) is 6.79 Å². The molecule has 2 nitrogen and oxygen atoms in total. The van der Waals surface area contributed by atoms with E-state index in [9.17, 15) is 0 Å². The van der Waals surface area contributed by atoms with Gasteiger partial charge in [-0.2, -0.15) is 0 Å². The lowest BCUT2D eigenvalue weighted by atomic mass is 10.1. The zero-order valence-electron chi connectivity index (χ0n) is 11.7. The molecule has 18 heavy (non-hydrogen) atoms. The standard InChI is InChI=1S/C14H23ClO2Si/c1-12(18(2,3)4)17-11-16-10-14-7-5-6-13(8-14)9-15/h5-8,12H,9-11H2,1-4H3. The number of rotatable bonds is 7. The molecule has 0 heterocycles. The van der Waals surface area contributed by atoms with Crippen molar-refractivity contribution in [3.8, 4) is 0 Å². The first kappa shape index (κ1) is 15.7. The normalized spacial score (nSPS) is 13.6. The average molecular weight is 287 g/mol. The first-order valence-electron chi connectivity index (χ1n) is 6.26. The van der Waals surface area contributed by atoms with Crippen LogP contribution in [0.1, 0.15) is 18.1 Å². The molecule has 0 aromatic heterocycles. The highest BCUT2D eigenvalue weighted by molar-refractivity contribution is 6.77. The Hall–Kier alpha value is -0.353. The van der Waals surface area contributed by atoms with Crippen LogP contribution in [0, 0.1) is 0 Å². The average Bonchev–Trinajstić information content (AvgIpc) is 2.33. The third kappa shape index (κ3) is 5.53. The maximum atomic E-state index is 5.79. The second kappa shape index (κ2) is 7.29. The summed E-state index contributed by atoms with van der Waals surface area (Å²) in [6, 6.07) is 8.12. The molecule has 1 aromatic rings. The first-order chi connectivity index (χ1) is 8.43. The number of alkyl halides is 1. The van der Waals surface area contributed by atoms with Gasteiger partial charge in [0.2, 0.25) is 0 Å². The molecule has 0 N–H and O–H groups in total. The van der Waals surface area contributed by atoms with Crippen molar-refractivity contribution in [1.82, 2.24) is 0 Å². The predicted molar refractivity (Wildman–Crippen MR) is 79.5 cm³/mol. The molecule has 102 valence electrons. The molecule has 0 saturated heterocycles. The Kier molecular flexibility index (Phi) is 6.36. The summed E-state index contributed by atoms with van der Waals surface area (Å²) in [5.41, 5.74) is 2.57. The van der Waals surface area contributed by atoms with Gasteiger partial charge in [0.15, 0.2) is 0 Å². The van der Waals surface area contributed by atoms with Gasteiger partial charge in [0.05, 0.1) is 14.7 Å². The highest BCUT2D eigenvalue weighted by Gasteiger charge is 2.22. The fourth-order valence-electron chi connectivity index (χ4n) is 1.36. The number of benzene rings is 1. The third-order valence-electron chi connectivity index (χ3n) is 3.04. The third-order valence-corrected chi connectivity index (χ3v) is 5.95. The fourth-order valence-corrected chi connectivity index (χ4v) is 2.10. The van der Waals surface area contributed by atoms with Gasteiger partial charge in [-0.15, -0.1) is 11.6 Å². The van der Waals surface area contributed by atoms with Crippen molar-refractivity contribution < 1.29 is 9.47 Å². The highest BCUT2D eigenvalue weighted by Crippen LogP contribution is 2.12. The maximum absolute atomic E-state index is 5.79. The molecule has 0 amide bonds. The minimum atomic E-state index is -1.22. The van der Waals surface area contributed by atoms with E-state index < -0.39 is 8.07 Å². The van der Waals surface area contributed by atoms with E-state index in [1.54, 1.807) is 0 Å². The van der Waals surface area contributed by atoms with Crippen molar-refractivity contribution >= 4 is 19.7 Å². The Morgan fingerprint density at radius 3 is 2.50 bits per heavy atom. The van der Waals surface area contributed by atoms with Crippen LogP contribution in [0.25, 0.3) is 0 Å². The van der Waals surface area contributed by atoms with E-state index in [2.05, 4.69) is 32.6 Å². The molecule has 0 radical (unpaired) electrons. The van der Waals surface area contributed by atoms with E-state index in [0.29, 0.717) is 25.0 Å². The van der Waals surface area contributed by atoms with Gasteiger partial charge < -0.3 is 9.47 Å². The molecule has 0 spiro atoms. The molecule has 0 saturated carbocycles. The molecule has 1 aromatic carbocycles. The van der Waals surface area contributed by atoms with E-state index in [-0.39, 0.29) is 0 Å². The van der Waals surface area contributed by atoms with Gasteiger partial charge in [0.25, 0.3) is 0 Å². The SMILES string of the molecule is CC(OCOCc1cccc(CCl)c1)[Si](C)(C)C. The van der Waals surface area contributed by atoms with Gasteiger partial charge in [-0.1, -0.05) is 43.9 Å². The highest BCUT2D eigenvalue weighted by atomic mass is 35.5. The molecule has 1 unspecified atom stereocenters. The van der Waals surface area contributed by atoms with Crippen LogP contribution < -0.4 is 0 Å². The Labute approximate surface area is 116 Å². The van der Waals surface area contributed by atoms with Crippen LogP contribution in [0.3, 0.4) is 0 Å². The van der Waals surface area contributed by atoms with E-state index in [4.69, 9.17) is 21.1 Å². The molecule has 4 heteroatoms. The van der Waals surface area contributed by atoms with Gasteiger partial charge in [-0.3, -0.25) is 0 Å². The smallest absolute Gasteiger partial charge is 0.147 e. The van der Waals surface area contributed by atoms with Crippen molar-refractivity contribution in [1.29, 1.82) is 0 Å². The summed E-state index contributed by atoms with van der Waals surface area (Å²) in [6.07, 6.45) is 0. The number of halogens is 1. The second-order valence-electron chi connectivity index (χ2n) is 5.59. The van der Waals surface area contributed by atoms with Crippen LogP contribution in [0.15, 0.2) is 24.3 Å². The summed E-state index contributed by atoms with van der Waals surface area (Å²) in [7, 11) is -1.22. The molecule has 0 aliphatic carbocycles. The van der Waals surface area contributed by atoms with Crippen molar-refractivity contribution in [2.45, 2.75) is 44.8 Å². The van der Waals surface area contributed by atoms with Crippen LogP contribution >= 0.6 is 11.6 Å². The summed E-state index contributed by atoms with van der Waals surface area (Å²) < 4.78 is 11.2. The molecule has 0 aliphatic rings. The van der Waals surface area contributed by atoms with Crippen LogP contribution in [0.4, 0.5) is 0 Å². The van der Waals surface area contributed by atoms with Gasteiger partial charge >= 0.3 is 0 Å². The minimum Gasteiger partial charge on any atom is -0.356 e. The minimum absolute atomic E-state index is 0.312. The lowest BCUT2D eigenvalue weighted by molar-refractivity contribution is -0.0716. The monoisotopic (exact) mass is 286 g/mol. The number of hydrogen-bond donors (Lipinski definition) is 0. The Bertz CT molecular complexity index is 363. The molecule has 1 rings (SSSR count). The zero-order valence-corrected chi connectivity index (χ0v) is 13.5. The number of ether oxygens (including phenoxy) is 2. The van der Waals surface area contributed by atoms with Crippen molar-refractivity contribution in [2.75, 3.05) is 6.79 Å². The van der Waals surface area contributed by atoms with E-state index in [1.807, 2.05) is 18.2 Å². The van der Waals surface area contributed by atoms with Crippen LogP contribution in [-0.4, -0.2) is 20.6 Å². The molecule has 0 fully saturated rings. The summed E-state index contributed by atoms with van der Waals surface area (Å²) in [5, 5.41) is 0. The topological polar surface area (TPSA) is 18.5 Å². The van der Waals surface area contributed by atoms with E-state index >= 15 is 0 Å². The Balaban J connectivity index is 2.29. The molecule has 1 atom stereocenters. The molecule has 0 aliphatic heterocycles.